The van der Waals surface area contributed by atoms with Crippen LogP contribution in [0.15, 0.2) is 73.1 Å². The van der Waals surface area contributed by atoms with Crippen molar-refractivity contribution < 1.29 is 14.2 Å². The number of carbonyl (C=O) groups excluding carboxylic acids is 2. The zero-order chi connectivity index (χ0) is 19.2. The maximum Gasteiger partial charge on any atom is 0.290 e. The summed E-state index contributed by atoms with van der Waals surface area (Å²) in [4.78, 5) is 25.3. The summed E-state index contributed by atoms with van der Waals surface area (Å²) in [5, 5.41) is 3.27. The molecule has 2 aromatic carbocycles. The second-order valence-electron chi connectivity index (χ2n) is 6.17. The van der Waals surface area contributed by atoms with Crippen molar-refractivity contribution in [3.8, 4) is 0 Å². The van der Waals surface area contributed by atoms with E-state index in [9.17, 15) is 9.59 Å². The number of pyridine rings is 1. The smallest absolute Gasteiger partial charge is 0.290 e. The van der Waals surface area contributed by atoms with Crippen molar-refractivity contribution in [2.24, 2.45) is 0 Å². The summed E-state index contributed by atoms with van der Waals surface area (Å²) in [7, 11) is 0. The van der Waals surface area contributed by atoms with Crippen LogP contribution in [0.3, 0.4) is 0 Å². The Bertz CT molecular complexity index is 954. The first-order valence-electron chi connectivity index (χ1n) is 8.74. The summed E-state index contributed by atoms with van der Waals surface area (Å²) in [5.41, 5.74) is 2.57. The minimum atomic E-state index is -0.214. The predicted molar refractivity (Wildman–Crippen MR) is 106 cm³/mol. The minimum Gasteiger partial charge on any atom is -0.320 e. The lowest BCUT2D eigenvalue weighted by molar-refractivity contribution is -0.684. The Morgan fingerprint density at radius 1 is 1.00 bits per heavy atom. The summed E-state index contributed by atoms with van der Waals surface area (Å²) in [6.45, 7) is 2.24. The molecule has 0 saturated carbocycles. The van der Waals surface area contributed by atoms with Gasteiger partial charge in [0.2, 0.25) is 6.54 Å². The van der Waals surface area contributed by atoms with E-state index in [2.05, 4.69) is 12.2 Å². The van der Waals surface area contributed by atoms with Crippen molar-refractivity contribution in [2.75, 3.05) is 5.32 Å². The third kappa shape index (κ3) is 4.80. The normalized spacial score (nSPS) is 10.4. The molecule has 3 rings (SSSR count). The third-order valence-electron chi connectivity index (χ3n) is 4.23. The first-order valence-corrected chi connectivity index (χ1v) is 9.11. The van der Waals surface area contributed by atoms with Gasteiger partial charge in [0.05, 0.1) is 5.69 Å². The second-order valence-corrected chi connectivity index (χ2v) is 6.60. The first-order chi connectivity index (χ1) is 13.1. The quantitative estimate of drug-likeness (QED) is 0.518. The molecule has 0 radical (unpaired) electrons. The summed E-state index contributed by atoms with van der Waals surface area (Å²) >= 11 is 6.07. The van der Waals surface area contributed by atoms with Gasteiger partial charge in [-0.3, -0.25) is 9.59 Å². The van der Waals surface area contributed by atoms with Crippen molar-refractivity contribution >= 4 is 29.0 Å². The Kier molecular flexibility index (Phi) is 5.99. The van der Waals surface area contributed by atoms with Crippen molar-refractivity contribution in [1.82, 2.24) is 0 Å². The molecule has 1 N–H and O–H groups in total. The lowest BCUT2D eigenvalue weighted by atomic mass is 10.0. The Labute approximate surface area is 163 Å². The fraction of sp³-hybridized carbons (Fsp3) is 0.136. The molecule has 1 amide bonds. The molecule has 0 atom stereocenters. The fourth-order valence-corrected chi connectivity index (χ4v) is 2.92. The Morgan fingerprint density at radius 2 is 1.70 bits per heavy atom. The molecule has 1 aromatic heterocycles. The molecule has 1 heterocycles. The number of carbonyl (C=O) groups is 2. The number of nitrogens with one attached hydrogen (secondary N) is 1. The van der Waals surface area contributed by atoms with Crippen molar-refractivity contribution in [2.45, 2.75) is 19.9 Å². The van der Waals surface area contributed by atoms with Gasteiger partial charge in [0.1, 0.15) is 0 Å². The second kappa shape index (κ2) is 8.60. The summed E-state index contributed by atoms with van der Waals surface area (Å²) < 4.78 is 1.79. The number of aryl methyl sites for hydroxylation is 1. The number of anilines is 1. The van der Waals surface area contributed by atoms with Crippen LogP contribution in [0.2, 0.25) is 5.02 Å². The van der Waals surface area contributed by atoms with Gasteiger partial charge in [0.15, 0.2) is 18.2 Å². The highest BCUT2D eigenvalue weighted by atomic mass is 35.5. The highest BCUT2D eigenvalue weighted by molar-refractivity contribution is 6.31. The van der Waals surface area contributed by atoms with Gasteiger partial charge in [-0.2, -0.15) is 4.57 Å². The lowest BCUT2D eigenvalue weighted by Crippen LogP contribution is -2.39. The largest absolute Gasteiger partial charge is 0.320 e. The number of rotatable bonds is 6. The number of nitrogens with zero attached hydrogens (tertiary/aromatic N) is 1. The highest BCUT2D eigenvalue weighted by Gasteiger charge is 2.17. The van der Waals surface area contributed by atoms with E-state index < -0.39 is 0 Å². The molecule has 0 aliphatic heterocycles. The number of hydrogen-bond donors (Lipinski definition) is 1. The molecular formula is C22H20ClN2O2+. The molecule has 0 spiro atoms. The molecule has 0 bridgehead atoms. The van der Waals surface area contributed by atoms with Crippen molar-refractivity contribution in [3.63, 3.8) is 0 Å². The predicted octanol–water partition coefficient (Wildman–Crippen LogP) is 4.06. The van der Waals surface area contributed by atoms with E-state index in [1.807, 2.05) is 30.6 Å². The van der Waals surface area contributed by atoms with Crippen LogP contribution >= 0.6 is 11.6 Å². The molecule has 27 heavy (non-hydrogen) atoms. The Balaban J connectivity index is 1.80. The summed E-state index contributed by atoms with van der Waals surface area (Å²) in [5.74, 6) is -0.401. The van der Waals surface area contributed by atoms with Gasteiger partial charge >= 0.3 is 0 Å². The number of benzene rings is 2. The maximum atomic E-state index is 12.8. The highest BCUT2D eigenvalue weighted by Crippen LogP contribution is 2.23. The van der Waals surface area contributed by atoms with Crippen LogP contribution < -0.4 is 9.88 Å². The summed E-state index contributed by atoms with van der Waals surface area (Å²) in [6, 6.07) is 17.8. The van der Waals surface area contributed by atoms with Gasteiger partial charge in [-0.15, -0.1) is 0 Å². The topological polar surface area (TPSA) is 50.0 Å². The van der Waals surface area contributed by atoms with E-state index in [1.165, 1.54) is 5.56 Å². The average Bonchev–Trinajstić information content (AvgIpc) is 2.70. The van der Waals surface area contributed by atoms with Gasteiger partial charge in [0, 0.05) is 28.3 Å². The molecule has 4 nitrogen and oxygen atoms in total. The van der Waals surface area contributed by atoms with Crippen molar-refractivity contribution in [1.29, 1.82) is 0 Å². The van der Waals surface area contributed by atoms with Crippen LogP contribution in [0.1, 0.15) is 28.4 Å². The zero-order valence-corrected chi connectivity index (χ0v) is 15.7. The lowest BCUT2D eigenvalue weighted by Gasteiger charge is -2.10. The molecule has 0 aliphatic rings. The number of aromatic nitrogens is 1. The molecule has 136 valence electrons. The number of hydrogen-bond acceptors (Lipinski definition) is 2. The molecule has 3 aromatic rings. The summed E-state index contributed by atoms with van der Waals surface area (Å²) in [6.07, 6.45) is 4.69. The van der Waals surface area contributed by atoms with Crippen LogP contribution in [0.5, 0.6) is 0 Å². The standard InChI is InChI=1S/C22H19ClN2O2/c1-2-16-10-12-25(13-11-16)15-21(26)24-20-9-8-18(23)14-19(20)22(27)17-6-4-3-5-7-17/h3-14H,2,15H2,1H3/p+1. The van der Waals surface area contributed by atoms with Crippen LogP contribution in [-0.2, 0) is 17.8 Å². The molecular weight excluding hydrogens is 360 g/mol. The first kappa shape index (κ1) is 18.8. The van der Waals surface area contributed by atoms with Crippen molar-refractivity contribution in [3.05, 3.63) is 94.8 Å². The van der Waals surface area contributed by atoms with Crippen LogP contribution in [0.4, 0.5) is 5.69 Å². The molecule has 0 fully saturated rings. The average molecular weight is 380 g/mol. The van der Waals surface area contributed by atoms with Gasteiger partial charge in [-0.1, -0.05) is 48.9 Å². The minimum absolute atomic E-state index is 0.158. The van der Waals surface area contributed by atoms with E-state index in [-0.39, 0.29) is 18.2 Å². The SMILES string of the molecule is CCc1cc[n+](CC(=O)Nc2ccc(Cl)cc2C(=O)c2ccccc2)cc1. The molecule has 0 aliphatic carbocycles. The Hall–Kier alpha value is -2.98. The van der Waals surface area contributed by atoms with Gasteiger partial charge < -0.3 is 5.32 Å². The number of halogens is 1. The number of amides is 1. The van der Waals surface area contributed by atoms with E-state index in [0.717, 1.165) is 6.42 Å². The maximum absolute atomic E-state index is 12.8. The van der Waals surface area contributed by atoms with E-state index in [0.29, 0.717) is 21.8 Å². The third-order valence-corrected chi connectivity index (χ3v) is 4.47. The molecule has 5 heteroatoms. The van der Waals surface area contributed by atoms with Crippen LogP contribution in [0, 0.1) is 0 Å². The molecule has 0 unspecified atom stereocenters. The van der Waals surface area contributed by atoms with E-state index in [1.54, 1.807) is 47.0 Å². The zero-order valence-electron chi connectivity index (χ0n) is 15.0. The van der Waals surface area contributed by atoms with Gasteiger partial charge in [-0.25, -0.2) is 0 Å². The van der Waals surface area contributed by atoms with Crippen LogP contribution in [-0.4, -0.2) is 11.7 Å². The van der Waals surface area contributed by atoms with Gasteiger partial charge in [0.25, 0.3) is 5.91 Å². The van der Waals surface area contributed by atoms with Crippen LogP contribution in [0.25, 0.3) is 0 Å². The molecule has 0 saturated heterocycles. The fourth-order valence-electron chi connectivity index (χ4n) is 2.74. The Morgan fingerprint density at radius 3 is 2.37 bits per heavy atom. The van der Waals surface area contributed by atoms with E-state index >= 15 is 0 Å². The van der Waals surface area contributed by atoms with Gasteiger partial charge in [-0.05, 0) is 30.2 Å². The number of ketones is 1. The van der Waals surface area contributed by atoms with E-state index in [4.69, 9.17) is 11.6 Å². The monoisotopic (exact) mass is 379 g/mol.